The van der Waals surface area contributed by atoms with Crippen molar-refractivity contribution in [2.45, 2.75) is 40.4 Å². The van der Waals surface area contributed by atoms with Crippen molar-refractivity contribution in [2.24, 2.45) is 0 Å². The molecule has 0 atom stereocenters. The molecule has 1 aromatic carbocycles. The summed E-state index contributed by atoms with van der Waals surface area (Å²) in [6.07, 6.45) is 0. The van der Waals surface area contributed by atoms with E-state index in [1.54, 1.807) is 0 Å². The molecule has 0 bridgehead atoms. The minimum atomic E-state index is 0.864. The number of hydrogen-bond acceptors (Lipinski definition) is 2. The molecular weight excluding hydrogens is 222 g/mol. The first kappa shape index (κ1) is 12.8. The average molecular weight is 243 g/mol. The van der Waals surface area contributed by atoms with E-state index in [1.807, 2.05) is 6.92 Å². The van der Waals surface area contributed by atoms with Gasteiger partial charge >= 0.3 is 0 Å². The Bertz CT molecular complexity index is 514. The normalized spacial score (nSPS) is 10.8. The van der Waals surface area contributed by atoms with Gasteiger partial charge in [-0.1, -0.05) is 24.3 Å². The highest BCUT2D eigenvalue weighted by atomic mass is 15.3. The van der Waals surface area contributed by atoms with Crippen LogP contribution >= 0.6 is 0 Å². The van der Waals surface area contributed by atoms with Gasteiger partial charge < -0.3 is 5.32 Å². The summed E-state index contributed by atoms with van der Waals surface area (Å²) in [7, 11) is 0. The van der Waals surface area contributed by atoms with Crippen molar-refractivity contribution in [3.63, 3.8) is 0 Å². The number of aromatic nitrogens is 2. The van der Waals surface area contributed by atoms with E-state index in [4.69, 9.17) is 0 Å². The molecule has 96 valence electrons. The van der Waals surface area contributed by atoms with E-state index in [9.17, 15) is 0 Å². The van der Waals surface area contributed by atoms with Gasteiger partial charge in [-0.25, -0.2) is 0 Å². The molecule has 0 aliphatic carbocycles. The summed E-state index contributed by atoms with van der Waals surface area (Å²) in [5.41, 5.74) is 5.04. The molecule has 1 N–H and O–H groups in total. The van der Waals surface area contributed by atoms with E-state index in [-0.39, 0.29) is 0 Å². The summed E-state index contributed by atoms with van der Waals surface area (Å²) in [5, 5.41) is 7.94. The molecule has 2 aromatic rings. The fourth-order valence-corrected chi connectivity index (χ4v) is 2.15. The average Bonchev–Trinajstić information content (AvgIpc) is 2.72. The lowest BCUT2D eigenvalue weighted by Crippen LogP contribution is -2.16. The Hall–Kier alpha value is -1.61. The van der Waals surface area contributed by atoms with E-state index in [0.29, 0.717) is 0 Å². The minimum absolute atomic E-state index is 0.864. The number of nitrogens with one attached hydrogen (secondary N) is 1. The third-order valence-corrected chi connectivity index (χ3v) is 3.17. The molecular formula is C15H21N3. The SMILES string of the molecule is CCn1nc(C)cc1CNCc1ccccc1C. The number of aryl methyl sites for hydroxylation is 3. The van der Waals surface area contributed by atoms with E-state index in [0.717, 1.165) is 25.3 Å². The Balaban J connectivity index is 1.94. The Morgan fingerprint density at radius 1 is 1.17 bits per heavy atom. The maximum atomic E-state index is 4.45. The third-order valence-electron chi connectivity index (χ3n) is 3.17. The van der Waals surface area contributed by atoms with Crippen LogP contribution < -0.4 is 5.32 Å². The molecule has 0 fully saturated rings. The topological polar surface area (TPSA) is 29.9 Å². The first-order chi connectivity index (χ1) is 8.70. The number of rotatable bonds is 5. The highest BCUT2D eigenvalue weighted by Gasteiger charge is 2.03. The molecule has 0 saturated carbocycles. The summed E-state index contributed by atoms with van der Waals surface area (Å²) in [6, 6.07) is 10.6. The number of benzene rings is 1. The Labute approximate surface area is 109 Å². The fraction of sp³-hybridized carbons (Fsp3) is 0.400. The van der Waals surface area contributed by atoms with E-state index >= 15 is 0 Å². The molecule has 0 aliphatic heterocycles. The van der Waals surface area contributed by atoms with Gasteiger partial charge in [0.2, 0.25) is 0 Å². The molecule has 1 aromatic heterocycles. The summed E-state index contributed by atoms with van der Waals surface area (Å²) >= 11 is 0. The standard InChI is InChI=1S/C15H21N3/c1-4-18-15(9-13(3)17-18)11-16-10-14-8-6-5-7-12(14)2/h5-9,16H,4,10-11H2,1-3H3. The summed E-state index contributed by atoms with van der Waals surface area (Å²) in [6.45, 7) is 9.00. The predicted molar refractivity (Wildman–Crippen MR) is 74.4 cm³/mol. The van der Waals surface area contributed by atoms with Gasteiger partial charge in [0.1, 0.15) is 0 Å². The zero-order valence-corrected chi connectivity index (χ0v) is 11.4. The molecule has 0 aliphatic rings. The van der Waals surface area contributed by atoms with E-state index in [1.165, 1.54) is 16.8 Å². The van der Waals surface area contributed by atoms with Crippen LogP contribution in [0.1, 0.15) is 29.4 Å². The van der Waals surface area contributed by atoms with Crippen LogP contribution in [0.3, 0.4) is 0 Å². The zero-order chi connectivity index (χ0) is 13.0. The van der Waals surface area contributed by atoms with Crippen molar-refractivity contribution in [1.82, 2.24) is 15.1 Å². The Kier molecular flexibility index (Phi) is 4.15. The summed E-state index contributed by atoms with van der Waals surface area (Å²) in [4.78, 5) is 0. The Morgan fingerprint density at radius 2 is 1.94 bits per heavy atom. The highest BCUT2D eigenvalue weighted by molar-refractivity contribution is 5.25. The van der Waals surface area contributed by atoms with Gasteiger partial charge in [-0.2, -0.15) is 5.10 Å². The van der Waals surface area contributed by atoms with Gasteiger partial charge in [0.25, 0.3) is 0 Å². The van der Waals surface area contributed by atoms with Gasteiger partial charge in [0.15, 0.2) is 0 Å². The summed E-state index contributed by atoms with van der Waals surface area (Å²) in [5.74, 6) is 0. The van der Waals surface area contributed by atoms with Gasteiger partial charge in [-0.3, -0.25) is 4.68 Å². The van der Waals surface area contributed by atoms with Gasteiger partial charge in [-0.15, -0.1) is 0 Å². The third kappa shape index (κ3) is 2.99. The first-order valence-corrected chi connectivity index (χ1v) is 6.49. The second kappa shape index (κ2) is 5.83. The van der Waals surface area contributed by atoms with Crippen molar-refractivity contribution < 1.29 is 0 Å². The molecule has 0 unspecified atom stereocenters. The predicted octanol–water partition coefficient (Wildman–Crippen LogP) is 2.81. The minimum Gasteiger partial charge on any atom is -0.307 e. The quantitative estimate of drug-likeness (QED) is 0.875. The molecule has 3 nitrogen and oxygen atoms in total. The number of nitrogens with zero attached hydrogens (tertiary/aromatic N) is 2. The molecule has 0 radical (unpaired) electrons. The van der Waals surface area contributed by atoms with Crippen LogP contribution in [0.4, 0.5) is 0 Å². The molecule has 0 saturated heterocycles. The molecule has 0 amide bonds. The van der Waals surface area contributed by atoms with Crippen LogP contribution in [0.2, 0.25) is 0 Å². The van der Waals surface area contributed by atoms with Crippen molar-refractivity contribution >= 4 is 0 Å². The lowest BCUT2D eigenvalue weighted by Gasteiger charge is -2.08. The zero-order valence-electron chi connectivity index (χ0n) is 11.4. The lowest BCUT2D eigenvalue weighted by molar-refractivity contribution is 0.578. The lowest BCUT2D eigenvalue weighted by atomic mass is 10.1. The van der Waals surface area contributed by atoms with Crippen LogP contribution in [0.25, 0.3) is 0 Å². The van der Waals surface area contributed by atoms with Gasteiger partial charge in [0.05, 0.1) is 11.4 Å². The maximum absolute atomic E-state index is 4.45. The molecule has 2 rings (SSSR count). The van der Waals surface area contributed by atoms with Crippen LogP contribution in [0, 0.1) is 13.8 Å². The maximum Gasteiger partial charge on any atom is 0.0597 e. The second-order valence-electron chi connectivity index (χ2n) is 4.62. The summed E-state index contributed by atoms with van der Waals surface area (Å²) < 4.78 is 2.06. The Morgan fingerprint density at radius 3 is 2.67 bits per heavy atom. The van der Waals surface area contributed by atoms with Crippen molar-refractivity contribution in [1.29, 1.82) is 0 Å². The van der Waals surface area contributed by atoms with E-state index in [2.05, 4.69) is 59.3 Å². The monoisotopic (exact) mass is 243 g/mol. The van der Waals surface area contributed by atoms with Crippen LogP contribution in [0.5, 0.6) is 0 Å². The smallest absolute Gasteiger partial charge is 0.0597 e. The molecule has 1 heterocycles. The largest absolute Gasteiger partial charge is 0.307 e. The molecule has 0 spiro atoms. The van der Waals surface area contributed by atoms with Crippen LogP contribution in [-0.2, 0) is 19.6 Å². The molecule has 3 heteroatoms. The van der Waals surface area contributed by atoms with Crippen molar-refractivity contribution in [3.05, 3.63) is 52.8 Å². The van der Waals surface area contributed by atoms with Crippen LogP contribution in [-0.4, -0.2) is 9.78 Å². The van der Waals surface area contributed by atoms with Crippen molar-refractivity contribution in [2.75, 3.05) is 0 Å². The van der Waals surface area contributed by atoms with Crippen molar-refractivity contribution in [3.8, 4) is 0 Å². The van der Waals surface area contributed by atoms with Gasteiger partial charge in [-0.05, 0) is 38.0 Å². The second-order valence-corrected chi connectivity index (χ2v) is 4.62. The number of hydrogen-bond donors (Lipinski definition) is 1. The molecule has 18 heavy (non-hydrogen) atoms. The fourth-order valence-electron chi connectivity index (χ4n) is 2.15. The van der Waals surface area contributed by atoms with E-state index < -0.39 is 0 Å². The first-order valence-electron chi connectivity index (χ1n) is 6.49. The van der Waals surface area contributed by atoms with Gasteiger partial charge in [0, 0.05) is 19.6 Å². The highest BCUT2D eigenvalue weighted by Crippen LogP contribution is 2.08. The van der Waals surface area contributed by atoms with Crippen LogP contribution in [0.15, 0.2) is 30.3 Å².